The van der Waals surface area contributed by atoms with Crippen molar-refractivity contribution < 1.29 is 9.90 Å². The molecule has 0 radical (unpaired) electrons. The minimum atomic E-state index is -0.471. The highest BCUT2D eigenvalue weighted by molar-refractivity contribution is 8.93. The number of rotatable bonds is 5. The quantitative estimate of drug-likeness (QED) is 0.319. The van der Waals surface area contributed by atoms with Crippen LogP contribution in [0.3, 0.4) is 0 Å². The summed E-state index contributed by atoms with van der Waals surface area (Å²) in [5.74, 6) is -0.207. The van der Waals surface area contributed by atoms with Crippen LogP contribution in [0.25, 0.3) is 11.0 Å². The largest absolute Gasteiger partial charge is 0.504 e. The maximum absolute atomic E-state index is 13.5. The SMILES string of the molecule is Br.CC(C)(C)c1nc(C(=O)Cn2c(=N)n(Cc3ccccc3)c3ccccc32)nc(C(C)(C)C)c1O. The molecule has 190 valence electrons. The number of carbonyl (C=O) groups is 1. The van der Waals surface area contributed by atoms with Gasteiger partial charge in [0.25, 0.3) is 0 Å². The molecule has 2 heterocycles. The zero-order valence-corrected chi connectivity index (χ0v) is 23.4. The molecule has 0 unspecified atom stereocenters. The minimum Gasteiger partial charge on any atom is -0.504 e. The lowest BCUT2D eigenvalue weighted by Gasteiger charge is -2.25. The highest BCUT2D eigenvalue weighted by Crippen LogP contribution is 2.36. The van der Waals surface area contributed by atoms with Gasteiger partial charge in [0.2, 0.25) is 11.4 Å². The summed E-state index contributed by atoms with van der Waals surface area (Å²) in [5.41, 5.74) is 2.94. The Morgan fingerprint density at radius 1 is 0.833 bits per heavy atom. The standard InChI is InChI=1S/C28H33N5O2.BrH/c1-27(2,3)23-22(35)24(28(4,5)6)31-25(30-23)21(34)17-33-20-15-11-10-14-19(20)32(26(33)29)16-18-12-8-7-9-13-18;/h7-15,29,35H,16-17H2,1-6H3;1H. The van der Waals surface area contributed by atoms with Gasteiger partial charge in [-0.3, -0.25) is 10.2 Å². The molecular formula is C28H34BrN5O2. The first-order valence-corrected chi connectivity index (χ1v) is 11.8. The van der Waals surface area contributed by atoms with Gasteiger partial charge >= 0.3 is 0 Å². The number of aromatic hydroxyl groups is 1. The molecule has 0 spiro atoms. The van der Waals surface area contributed by atoms with Crippen molar-refractivity contribution in [2.24, 2.45) is 0 Å². The van der Waals surface area contributed by atoms with E-state index in [1.807, 2.05) is 101 Å². The first kappa shape index (κ1) is 27.3. The van der Waals surface area contributed by atoms with E-state index in [4.69, 9.17) is 5.41 Å². The first-order valence-electron chi connectivity index (χ1n) is 11.8. The van der Waals surface area contributed by atoms with Crippen LogP contribution in [-0.2, 0) is 23.9 Å². The monoisotopic (exact) mass is 551 g/mol. The molecule has 2 aromatic heterocycles. The number of aromatic nitrogens is 4. The Bertz CT molecular complexity index is 1420. The van der Waals surface area contributed by atoms with Crippen molar-refractivity contribution in [3.05, 3.63) is 83.0 Å². The minimum absolute atomic E-state index is 0. The number of hydrogen-bond acceptors (Lipinski definition) is 5. The van der Waals surface area contributed by atoms with Crippen LogP contribution in [-0.4, -0.2) is 30.0 Å². The van der Waals surface area contributed by atoms with E-state index in [1.165, 1.54) is 0 Å². The Kier molecular flexibility index (Phi) is 7.60. The number of Topliss-reactive ketones (excluding diaryl/α,β-unsaturated/α-hetero) is 1. The number of ketones is 1. The highest BCUT2D eigenvalue weighted by Gasteiger charge is 2.31. The lowest BCUT2D eigenvalue weighted by molar-refractivity contribution is 0.0960. The number of imidazole rings is 1. The Labute approximate surface area is 222 Å². The molecular weight excluding hydrogens is 518 g/mol. The van der Waals surface area contributed by atoms with Crippen LogP contribution >= 0.6 is 17.0 Å². The van der Waals surface area contributed by atoms with Crippen molar-refractivity contribution in [1.29, 1.82) is 5.41 Å². The summed E-state index contributed by atoms with van der Waals surface area (Å²) in [5, 5.41) is 19.8. The third-order valence-electron chi connectivity index (χ3n) is 6.01. The third-order valence-corrected chi connectivity index (χ3v) is 6.01. The Morgan fingerprint density at radius 3 is 1.81 bits per heavy atom. The molecule has 7 nitrogen and oxygen atoms in total. The van der Waals surface area contributed by atoms with E-state index in [9.17, 15) is 9.90 Å². The van der Waals surface area contributed by atoms with Gasteiger partial charge in [-0.2, -0.15) is 0 Å². The van der Waals surface area contributed by atoms with Crippen LogP contribution < -0.4 is 5.62 Å². The molecule has 0 bridgehead atoms. The van der Waals surface area contributed by atoms with Crippen LogP contribution in [0, 0.1) is 5.41 Å². The number of carbonyl (C=O) groups excluding carboxylic acids is 1. The normalized spacial score (nSPS) is 11.9. The first-order chi connectivity index (χ1) is 16.4. The van der Waals surface area contributed by atoms with Gasteiger partial charge < -0.3 is 14.2 Å². The smallest absolute Gasteiger partial charge is 0.219 e. The molecule has 0 saturated carbocycles. The van der Waals surface area contributed by atoms with E-state index >= 15 is 0 Å². The van der Waals surface area contributed by atoms with Crippen LogP contribution in [0.2, 0.25) is 0 Å². The van der Waals surface area contributed by atoms with Crippen LogP contribution in [0.4, 0.5) is 0 Å². The molecule has 0 aliphatic rings. The molecule has 8 heteroatoms. The van der Waals surface area contributed by atoms with E-state index in [-0.39, 0.29) is 46.5 Å². The highest BCUT2D eigenvalue weighted by atomic mass is 79.9. The molecule has 36 heavy (non-hydrogen) atoms. The molecule has 0 fully saturated rings. The number of nitrogens with zero attached hydrogens (tertiary/aromatic N) is 4. The molecule has 4 aromatic rings. The summed E-state index contributed by atoms with van der Waals surface area (Å²) >= 11 is 0. The van der Waals surface area contributed by atoms with Gasteiger partial charge in [0.05, 0.1) is 35.5 Å². The Morgan fingerprint density at radius 2 is 1.31 bits per heavy atom. The second-order valence-electron chi connectivity index (χ2n) is 11.0. The van der Waals surface area contributed by atoms with Crippen LogP contribution in [0.5, 0.6) is 5.75 Å². The number of halogens is 1. The molecule has 2 aromatic carbocycles. The predicted molar refractivity (Wildman–Crippen MR) is 147 cm³/mol. The van der Waals surface area contributed by atoms with Gasteiger partial charge in [-0.05, 0) is 17.7 Å². The molecule has 0 aliphatic carbocycles. The van der Waals surface area contributed by atoms with Crippen LogP contribution in [0.15, 0.2) is 54.6 Å². The number of nitrogens with one attached hydrogen (secondary N) is 1. The number of para-hydroxylation sites is 2. The van der Waals surface area contributed by atoms with Gasteiger partial charge in [-0.25, -0.2) is 9.97 Å². The van der Waals surface area contributed by atoms with E-state index in [0.717, 1.165) is 16.6 Å². The van der Waals surface area contributed by atoms with Crippen molar-refractivity contribution in [3.63, 3.8) is 0 Å². The predicted octanol–water partition coefficient (Wildman–Crippen LogP) is 5.52. The molecule has 0 aliphatic heterocycles. The second-order valence-corrected chi connectivity index (χ2v) is 11.0. The lowest BCUT2D eigenvalue weighted by atomic mass is 9.85. The number of hydrogen-bond donors (Lipinski definition) is 2. The topological polar surface area (TPSA) is 96.8 Å². The van der Waals surface area contributed by atoms with Crippen molar-refractivity contribution in [2.45, 2.75) is 65.5 Å². The fourth-order valence-corrected chi connectivity index (χ4v) is 4.22. The van der Waals surface area contributed by atoms with Crippen molar-refractivity contribution in [3.8, 4) is 5.75 Å². The Hall–Kier alpha value is -3.26. The third kappa shape index (κ3) is 5.28. The van der Waals surface area contributed by atoms with E-state index in [2.05, 4.69) is 9.97 Å². The average Bonchev–Trinajstić information content (AvgIpc) is 3.04. The lowest BCUT2D eigenvalue weighted by Crippen LogP contribution is -2.29. The number of benzene rings is 2. The van der Waals surface area contributed by atoms with Gasteiger partial charge in [0.1, 0.15) is 0 Å². The summed E-state index contributed by atoms with van der Waals surface area (Å²) < 4.78 is 3.60. The van der Waals surface area contributed by atoms with E-state index in [1.54, 1.807) is 4.57 Å². The van der Waals surface area contributed by atoms with Crippen molar-refractivity contribution in [1.82, 2.24) is 19.1 Å². The average molecular weight is 553 g/mol. The zero-order valence-electron chi connectivity index (χ0n) is 21.7. The summed E-state index contributed by atoms with van der Waals surface area (Å²) in [6.45, 7) is 12.1. The molecule has 0 amide bonds. The van der Waals surface area contributed by atoms with E-state index in [0.29, 0.717) is 17.9 Å². The molecule has 4 rings (SSSR count). The van der Waals surface area contributed by atoms with Gasteiger partial charge in [-0.1, -0.05) is 84.0 Å². The van der Waals surface area contributed by atoms with E-state index < -0.39 is 10.8 Å². The molecule has 0 saturated heterocycles. The van der Waals surface area contributed by atoms with Crippen LogP contribution in [0.1, 0.15) is 69.1 Å². The molecule has 2 N–H and O–H groups in total. The summed E-state index contributed by atoms with van der Waals surface area (Å²) in [6.07, 6.45) is 0. The zero-order chi connectivity index (χ0) is 25.5. The number of fused-ring (bicyclic) bond motifs is 1. The van der Waals surface area contributed by atoms with Gasteiger partial charge in [0, 0.05) is 10.8 Å². The summed E-state index contributed by atoms with van der Waals surface area (Å²) in [4.78, 5) is 22.5. The van der Waals surface area contributed by atoms with Crippen molar-refractivity contribution in [2.75, 3.05) is 0 Å². The second kappa shape index (κ2) is 10.0. The fraction of sp³-hybridized carbons (Fsp3) is 0.357. The maximum atomic E-state index is 13.5. The maximum Gasteiger partial charge on any atom is 0.219 e. The van der Waals surface area contributed by atoms with Crippen molar-refractivity contribution >= 4 is 33.8 Å². The summed E-state index contributed by atoms with van der Waals surface area (Å²) in [6, 6.07) is 17.7. The fourth-order valence-electron chi connectivity index (χ4n) is 4.22. The van der Waals surface area contributed by atoms with Gasteiger partial charge in [0.15, 0.2) is 11.6 Å². The summed E-state index contributed by atoms with van der Waals surface area (Å²) in [7, 11) is 0. The molecule has 0 atom stereocenters. The van der Waals surface area contributed by atoms with Gasteiger partial charge in [-0.15, -0.1) is 17.0 Å². The Balaban J connectivity index is 0.00000361.